The molecule has 2 unspecified atom stereocenters. The van der Waals surface area contributed by atoms with Gasteiger partial charge in [0, 0.05) is 12.2 Å². The van der Waals surface area contributed by atoms with Crippen molar-refractivity contribution in [3.8, 4) is 0 Å². The second kappa shape index (κ2) is 5.50. The van der Waals surface area contributed by atoms with Gasteiger partial charge < -0.3 is 16.2 Å². The fourth-order valence-corrected chi connectivity index (χ4v) is 1.50. The van der Waals surface area contributed by atoms with Crippen LogP contribution >= 0.6 is 0 Å². The van der Waals surface area contributed by atoms with Crippen LogP contribution in [0, 0.1) is 0 Å². The van der Waals surface area contributed by atoms with Crippen LogP contribution in [0.15, 0.2) is 12.4 Å². The third kappa shape index (κ3) is 4.31. The second-order valence-corrected chi connectivity index (χ2v) is 4.02. The van der Waals surface area contributed by atoms with Gasteiger partial charge >= 0.3 is 0 Å². The second-order valence-electron chi connectivity index (χ2n) is 4.02. The third-order valence-electron chi connectivity index (χ3n) is 2.06. The Kier molecular flexibility index (Phi) is 4.30. The summed E-state index contributed by atoms with van der Waals surface area (Å²) >= 11 is 0. The van der Waals surface area contributed by atoms with E-state index in [2.05, 4.69) is 10.4 Å². The summed E-state index contributed by atoms with van der Waals surface area (Å²) in [4.78, 5) is 11.5. The molecule has 16 heavy (non-hydrogen) atoms. The summed E-state index contributed by atoms with van der Waals surface area (Å²) in [6.45, 7) is 3.68. The summed E-state index contributed by atoms with van der Waals surface area (Å²) in [5, 5.41) is 15.8. The van der Waals surface area contributed by atoms with Crippen molar-refractivity contribution in [3.63, 3.8) is 0 Å². The standard InChI is InChI=1S/C10H18N4O2/c1-7(3-8(2)15)13-10(16)6-14-5-9(11)4-12-14/h4-5,7-8,15H,3,6,11H2,1-2H3,(H,13,16). The number of nitrogen functional groups attached to an aromatic ring is 1. The van der Waals surface area contributed by atoms with E-state index >= 15 is 0 Å². The molecule has 0 fully saturated rings. The van der Waals surface area contributed by atoms with Crippen molar-refractivity contribution in [1.29, 1.82) is 0 Å². The molecule has 1 rings (SSSR count). The van der Waals surface area contributed by atoms with Crippen molar-refractivity contribution in [2.45, 2.75) is 39.0 Å². The van der Waals surface area contributed by atoms with Crippen molar-refractivity contribution >= 4 is 11.6 Å². The van der Waals surface area contributed by atoms with Crippen molar-refractivity contribution in [2.75, 3.05) is 5.73 Å². The van der Waals surface area contributed by atoms with E-state index in [1.807, 2.05) is 6.92 Å². The van der Waals surface area contributed by atoms with Crippen LogP contribution in [0.25, 0.3) is 0 Å². The normalized spacial score (nSPS) is 14.4. The van der Waals surface area contributed by atoms with Crippen LogP contribution in [0.3, 0.4) is 0 Å². The van der Waals surface area contributed by atoms with Crippen LogP contribution < -0.4 is 11.1 Å². The zero-order chi connectivity index (χ0) is 12.1. The highest BCUT2D eigenvalue weighted by atomic mass is 16.3. The first kappa shape index (κ1) is 12.5. The number of nitrogens with zero attached hydrogens (tertiary/aromatic N) is 2. The topological polar surface area (TPSA) is 93.2 Å². The van der Waals surface area contributed by atoms with Crippen LogP contribution in [0.5, 0.6) is 0 Å². The van der Waals surface area contributed by atoms with Crippen LogP contribution in [0.2, 0.25) is 0 Å². The molecule has 0 radical (unpaired) electrons. The van der Waals surface area contributed by atoms with Crippen molar-refractivity contribution in [1.82, 2.24) is 15.1 Å². The van der Waals surface area contributed by atoms with E-state index in [-0.39, 0.29) is 18.5 Å². The van der Waals surface area contributed by atoms with Gasteiger partial charge in [-0.25, -0.2) is 0 Å². The first-order chi connectivity index (χ1) is 7.47. The number of carbonyl (C=O) groups excluding carboxylic acids is 1. The minimum atomic E-state index is -0.421. The predicted octanol–water partition coefficient (Wildman–Crippen LogP) is -0.259. The molecule has 6 nitrogen and oxygen atoms in total. The predicted molar refractivity (Wildman–Crippen MR) is 60.5 cm³/mol. The van der Waals surface area contributed by atoms with E-state index in [0.29, 0.717) is 12.1 Å². The molecule has 4 N–H and O–H groups in total. The summed E-state index contributed by atoms with van der Waals surface area (Å²) in [7, 11) is 0. The maximum atomic E-state index is 11.5. The quantitative estimate of drug-likeness (QED) is 0.645. The fourth-order valence-electron chi connectivity index (χ4n) is 1.50. The fraction of sp³-hybridized carbons (Fsp3) is 0.600. The number of aliphatic hydroxyl groups is 1. The Morgan fingerprint density at radius 1 is 1.69 bits per heavy atom. The lowest BCUT2D eigenvalue weighted by Crippen LogP contribution is -2.36. The average molecular weight is 226 g/mol. The molecule has 2 atom stereocenters. The molecule has 1 aromatic rings. The van der Waals surface area contributed by atoms with Gasteiger partial charge in [0.2, 0.25) is 5.91 Å². The number of hydrogen-bond acceptors (Lipinski definition) is 4. The maximum Gasteiger partial charge on any atom is 0.241 e. The maximum absolute atomic E-state index is 11.5. The molecule has 0 aliphatic carbocycles. The first-order valence-electron chi connectivity index (χ1n) is 5.22. The molecule has 0 aliphatic heterocycles. The van der Waals surface area contributed by atoms with Crippen LogP contribution in [-0.2, 0) is 11.3 Å². The Labute approximate surface area is 94.4 Å². The van der Waals surface area contributed by atoms with Gasteiger partial charge in [0.15, 0.2) is 0 Å². The molecule has 0 saturated carbocycles. The number of aromatic nitrogens is 2. The highest BCUT2D eigenvalue weighted by Crippen LogP contribution is 1.99. The monoisotopic (exact) mass is 226 g/mol. The molecular weight excluding hydrogens is 208 g/mol. The number of nitrogens with one attached hydrogen (secondary N) is 1. The van der Waals surface area contributed by atoms with Gasteiger partial charge in [-0.05, 0) is 20.3 Å². The third-order valence-corrected chi connectivity index (χ3v) is 2.06. The first-order valence-corrected chi connectivity index (χ1v) is 5.22. The van der Waals surface area contributed by atoms with E-state index in [1.54, 1.807) is 13.1 Å². The molecule has 6 heteroatoms. The number of hydrogen-bond donors (Lipinski definition) is 3. The zero-order valence-corrected chi connectivity index (χ0v) is 9.55. The average Bonchev–Trinajstić information content (AvgIpc) is 2.48. The van der Waals surface area contributed by atoms with Gasteiger partial charge in [-0.15, -0.1) is 0 Å². The van der Waals surface area contributed by atoms with E-state index in [0.717, 1.165) is 0 Å². The van der Waals surface area contributed by atoms with Gasteiger partial charge in [0.05, 0.1) is 18.0 Å². The Balaban J connectivity index is 2.36. The Morgan fingerprint density at radius 3 is 2.88 bits per heavy atom. The van der Waals surface area contributed by atoms with Crippen molar-refractivity contribution in [2.24, 2.45) is 0 Å². The minimum Gasteiger partial charge on any atom is -0.396 e. The molecule has 0 spiro atoms. The van der Waals surface area contributed by atoms with Crippen LogP contribution in [-0.4, -0.2) is 32.9 Å². The number of amides is 1. The summed E-state index contributed by atoms with van der Waals surface area (Å²) in [5.74, 6) is -0.142. The largest absolute Gasteiger partial charge is 0.396 e. The van der Waals surface area contributed by atoms with Gasteiger partial charge in [-0.1, -0.05) is 0 Å². The van der Waals surface area contributed by atoms with Crippen LogP contribution in [0.1, 0.15) is 20.3 Å². The molecule has 0 bridgehead atoms. The lowest BCUT2D eigenvalue weighted by atomic mass is 10.1. The molecule has 0 saturated heterocycles. The Hall–Kier alpha value is -1.56. The van der Waals surface area contributed by atoms with Crippen molar-refractivity contribution < 1.29 is 9.90 Å². The molecule has 1 amide bonds. The Bertz CT molecular complexity index is 348. The highest BCUT2D eigenvalue weighted by Gasteiger charge is 2.10. The molecular formula is C10H18N4O2. The number of aliphatic hydroxyl groups excluding tert-OH is 1. The van der Waals surface area contributed by atoms with E-state index < -0.39 is 6.10 Å². The van der Waals surface area contributed by atoms with E-state index in [1.165, 1.54) is 10.9 Å². The number of anilines is 1. The lowest BCUT2D eigenvalue weighted by Gasteiger charge is -2.15. The minimum absolute atomic E-state index is 0.0552. The molecule has 90 valence electrons. The summed E-state index contributed by atoms with van der Waals surface area (Å²) in [6, 6.07) is -0.0552. The molecule has 1 aromatic heterocycles. The van der Waals surface area contributed by atoms with Gasteiger partial charge in [0.25, 0.3) is 0 Å². The molecule has 1 heterocycles. The zero-order valence-electron chi connectivity index (χ0n) is 9.55. The molecule has 0 aliphatic rings. The van der Waals surface area contributed by atoms with Gasteiger partial charge in [-0.3, -0.25) is 9.48 Å². The SMILES string of the molecule is CC(O)CC(C)NC(=O)Cn1cc(N)cn1. The lowest BCUT2D eigenvalue weighted by molar-refractivity contribution is -0.122. The number of carbonyl (C=O) groups is 1. The van der Waals surface area contributed by atoms with E-state index in [9.17, 15) is 4.79 Å². The van der Waals surface area contributed by atoms with Gasteiger partial charge in [-0.2, -0.15) is 5.10 Å². The molecule has 0 aromatic carbocycles. The highest BCUT2D eigenvalue weighted by molar-refractivity contribution is 5.75. The van der Waals surface area contributed by atoms with Gasteiger partial charge in [0.1, 0.15) is 6.54 Å². The summed E-state index contributed by atoms with van der Waals surface area (Å²) in [5.41, 5.74) is 6.01. The van der Waals surface area contributed by atoms with Crippen LogP contribution in [0.4, 0.5) is 5.69 Å². The Morgan fingerprint density at radius 2 is 2.38 bits per heavy atom. The van der Waals surface area contributed by atoms with E-state index in [4.69, 9.17) is 10.8 Å². The number of rotatable bonds is 5. The van der Waals surface area contributed by atoms with Crippen molar-refractivity contribution in [3.05, 3.63) is 12.4 Å². The summed E-state index contributed by atoms with van der Waals surface area (Å²) in [6.07, 6.45) is 3.20. The number of nitrogens with two attached hydrogens (primary N) is 1. The smallest absolute Gasteiger partial charge is 0.241 e. The summed E-state index contributed by atoms with van der Waals surface area (Å²) < 4.78 is 1.47.